The van der Waals surface area contributed by atoms with Crippen LogP contribution in [0.3, 0.4) is 0 Å². The van der Waals surface area contributed by atoms with Crippen LogP contribution in [0.15, 0.2) is 0 Å². The largest absolute Gasteiger partial charge is 0.341 e. The second-order valence-corrected chi connectivity index (χ2v) is 10.0. The maximum atomic E-state index is 13.7. The Kier molecular flexibility index (Phi) is 4.07. The molecule has 0 radical (unpaired) electrons. The number of nitrogens with zero attached hydrogens (tertiary/aromatic N) is 2. The molecule has 2 atom stereocenters. The second-order valence-electron chi connectivity index (χ2n) is 10.0. The van der Waals surface area contributed by atoms with Gasteiger partial charge in [0.25, 0.3) is 0 Å². The normalized spacial score (nSPS) is 44.1. The molecule has 2 saturated heterocycles. The molecule has 2 N–H and O–H groups in total. The monoisotopic (exact) mass is 359 g/mol. The number of amides is 2. The summed E-state index contributed by atoms with van der Waals surface area (Å²) in [5.74, 6) is 3.27. The summed E-state index contributed by atoms with van der Waals surface area (Å²) in [6, 6.07) is -0.202. The summed E-state index contributed by atoms with van der Waals surface area (Å²) in [7, 11) is 0. The van der Waals surface area contributed by atoms with Crippen LogP contribution in [0.5, 0.6) is 0 Å². The van der Waals surface area contributed by atoms with E-state index in [0.717, 1.165) is 75.9 Å². The standard InChI is InChI=1S/C21H33N3O2/c22-12-14-3-5-23(13-14)19(25)18-2-1-4-24(18)20(26)21-9-15-6-16(10-21)8-17(7-15)11-21/h14-18H,1-13,22H2. The number of carbonyl (C=O) groups excluding carboxylic acids is 2. The van der Waals surface area contributed by atoms with Crippen LogP contribution >= 0.6 is 0 Å². The molecule has 26 heavy (non-hydrogen) atoms. The molecule has 0 aromatic carbocycles. The van der Waals surface area contributed by atoms with Crippen LogP contribution in [-0.2, 0) is 9.59 Å². The number of likely N-dealkylation sites (tertiary alicyclic amines) is 2. The fraction of sp³-hybridized carbons (Fsp3) is 0.905. The Morgan fingerprint density at radius 1 is 0.962 bits per heavy atom. The third kappa shape index (κ3) is 2.61. The van der Waals surface area contributed by atoms with Gasteiger partial charge in [-0.05, 0) is 88.0 Å². The van der Waals surface area contributed by atoms with Crippen molar-refractivity contribution in [2.45, 2.75) is 63.8 Å². The lowest BCUT2D eigenvalue weighted by Gasteiger charge is -2.56. The van der Waals surface area contributed by atoms with Gasteiger partial charge in [0.2, 0.25) is 11.8 Å². The second kappa shape index (κ2) is 6.22. The molecule has 0 aromatic heterocycles. The van der Waals surface area contributed by atoms with Crippen LogP contribution in [0, 0.1) is 29.1 Å². The number of rotatable bonds is 3. The highest BCUT2D eigenvalue weighted by molar-refractivity contribution is 5.91. The molecule has 6 fully saturated rings. The fourth-order valence-corrected chi connectivity index (χ4v) is 7.38. The maximum Gasteiger partial charge on any atom is 0.245 e. The number of hydrogen-bond acceptors (Lipinski definition) is 3. The van der Waals surface area contributed by atoms with E-state index in [1.807, 2.05) is 9.80 Å². The highest BCUT2D eigenvalue weighted by Crippen LogP contribution is 2.60. The lowest BCUT2D eigenvalue weighted by Crippen LogP contribution is -2.57. The number of hydrogen-bond donors (Lipinski definition) is 1. The first-order valence-corrected chi connectivity index (χ1v) is 10.9. The van der Waals surface area contributed by atoms with E-state index >= 15 is 0 Å². The van der Waals surface area contributed by atoms with Gasteiger partial charge in [-0.15, -0.1) is 0 Å². The third-order valence-electron chi connectivity index (χ3n) is 8.22. The van der Waals surface area contributed by atoms with Crippen molar-refractivity contribution in [3.05, 3.63) is 0 Å². The highest BCUT2D eigenvalue weighted by atomic mass is 16.2. The van der Waals surface area contributed by atoms with Crippen molar-refractivity contribution >= 4 is 11.8 Å². The zero-order chi connectivity index (χ0) is 17.9. The van der Waals surface area contributed by atoms with Crippen molar-refractivity contribution in [1.29, 1.82) is 0 Å². The van der Waals surface area contributed by atoms with Crippen LogP contribution in [0.4, 0.5) is 0 Å². The molecule has 5 heteroatoms. The van der Waals surface area contributed by atoms with Crippen LogP contribution < -0.4 is 5.73 Å². The minimum Gasteiger partial charge on any atom is -0.341 e. The lowest BCUT2D eigenvalue weighted by atomic mass is 9.49. The average molecular weight is 360 g/mol. The molecule has 2 amide bonds. The van der Waals surface area contributed by atoms with Gasteiger partial charge < -0.3 is 15.5 Å². The van der Waals surface area contributed by atoms with Gasteiger partial charge in [0.05, 0.1) is 5.41 Å². The van der Waals surface area contributed by atoms with E-state index in [-0.39, 0.29) is 17.4 Å². The first-order valence-electron chi connectivity index (χ1n) is 10.9. The molecule has 144 valence electrons. The van der Waals surface area contributed by atoms with Crippen LogP contribution in [0.25, 0.3) is 0 Å². The molecule has 5 nitrogen and oxygen atoms in total. The van der Waals surface area contributed by atoms with Gasteiger partial charge in [0.15, 0.2) is 0 Å². The Hall–Kier alpha value is -1.10. The molecule has 4 bridgehead atoms. The van der Waals surface area contributed by atoms with E-state index in [1.165, 1.54) is 19.3 Å². The predicted molar refractivity (Wildman–Crippen MR) is 99.1 cm³/mol. The summed E-state index contributed by atoms with van der Waals surface area (Å²) in [5, 5.41) is 0. The molecule has 4 saturated carbocycles. The summed E-state index contributed by atoms with van der Waals surface area (Å²) in [6.07, 6.45) is 10.2. The molecule has 4 aliphatic carbocycles. The van der Waals surface area contributed by atoms with E-state index < -0.39 is 0 Å². The van der Waals surface area contributed by atoms with Crippen LogP contribution in [0.1, 0.15) is 57.8 Å². The van der Waals surface area contributed by atoms with E-state index in [0.29, 0.717) is 18.4 Å². The van der Waals surface area contributed by atoms with E-state index in [1.54, 1.807) is 0 Å². The van der Waals surface area contributed by atoms with E-state index in [4.69, 9.17) is 5.73 Å². The molecular weight excluding hydrogens is 326 g/mol. The summed E-state index contributed by atoms with van der Waals surface area (Å²) in [4.78, 5) is 30.8. The molecule has 6 rings (SSSR count). The topological polar surface area (TPSA) is 66.6 Å². The molecule has 0 spiro atoms. The number of carbonyl (C=O) groups is 2. The Balaban J connectivity index is 1.33. The summed E-state index contributed by atoms with van der Waals surface area (Å²) >= 11 is 0. The molecule has 2 aliphatic heterocycles. The summed E-state index contributed by atoms with van der Waals surface area (Å²) in [5.41, 5.74) is 5.67. The summed E-state index contributed by atoms with van der Waals surface area (Å²) in [6.45, 7) is 3.04. The van der Waals surface area contributed by atoms with Gasteiger partial charge in [-0.3, -0.25) is 9.59 Å². The Morgan fingerprint density at radius 3 is 2.19 bits per heavy atom. The van der Waals surface area contributed by atoms with Gasteiger partial charge in [0, 0.05) is 19.6 Å². The lowest BCUT2D eigenvalue weighted by molar-refractivity contribution is -0.161. The molecular formula is C21H33N3O2. The smallest absolute Gasteiger partial charge is 0.245 e. The molecule has 0 aromatic rings. The third-order valence-corrected chi connectivity index (χ3v) is 8.22. The first-order chi connectivity index (χ1) is 12.6. The minimum absolute atomic E-state index is 0.123. The van der Waals surface area contributed by atoms with Crippen molar-refractivity contribution in [3.8, 4) is 0 Å². The van der Waals surface area contributed by atoms with Crippen LogP contribution in [0.2, 0.25) is 0 Å². The maximum absolute atomic E-state index is 13.7. The quantitative estimate of drug-likeness (QED) is 0.838. The van der Waals surface area contributed by atoms with Crippen molar-refractivity contribution in [1.82, 2.24) is 9.80 Å². The van der Waals surface area contributed by atoms with E-state index in [2.05, 4.69) is 0 Å². The average Bonchev–Trinajstić information content (AvgIpc) is 3.28. The molecule has 2 heterocycles. The zero-order valence-electron chi connectivity index (χ0n) is 15.9. The van der Waals surface area contributed by atoms with Crippen molar-refractivity contribution in [2.24, 2.45) is 34.8 Å². The minimum atomic E-state index is -0.202. The Labute approximate surface area is 156 Å². The van der Waals surface area contributed by atoms with Crippen molar-refractivity contribution < 1.29 is 9.59 Å². The van der Waals surface area contributed by atoms with Crippen molar-refractivity contribution in [2.75, 3.05) is 26.2 Å². The highest BCUT2D eigenvalue weighted by Gasteiger charge is 2.57. The van der Waals surface area contributed by atoms with E-state index in [9.17, 15) is 9.59 Å². The SMILES string of the molecule is NCC1CCN(C(=O)C2CCCN2C(=O)C23CC4CC(CC(C4)C2)C3)C1. The molecule has 2 unspecified atom stereocenters. The Bertz CT molecular complexity index is 569. The van der Waals surface area contributed by atoms with Gasteiger partial charge in [0.1, 0.15) is 6.04 Å². The van der Waals surface area contributed by atoms with Gasteiger partial charge >= 0.3 is 0 Å². The first kappa shape index (κ1) is 17.0. The van der Waals surface area contributed by atoms with Gasteiger partial charge in [-0.2, -0.15) is 0 Å². The zero-order valence-corrected chi connectivity index (χ0v) is 15.9. The van der Waals surface area contributed by atoms with Crippen LogP contribution in [-0.4, -0.2) is 53.8 Å². The number of nitrogens with two attached hydrogens (primary N) is 1. The predicted octanol–water partition coefficient (Wildman–Crippen LogP) is 2.00. The molecule has 6 aliphatic rings. The fourth-order valence-electron chi connectivity index (χ4n) is 7.38. The van der Waals surface area contributed by atoms with Crippen molar-refractivity contribution in [3.63, 3.8) is 0 Å². The van der Waals surface area contributed by atoms with Gasteiger partial charge in [-0.1, -0.05) is 0 Å². The Morgan fingerprint density at radius 2 is 1.62 bits per heavy atom. The van der Waals surface area contributed by atoms with Gasteiger partial charge in [-0.25, -0.2) is 0 Å². The summed E-state index contributed by atoms with van der Waals surface area (Å²) < 4.78 is 0.